The largest absolute Gasteiger partial charge is 0.328 e. The molecule has 1 unspecified atom stereocenters. The first-order chi connectivity index (χ1) is 14.7. The minimum atomic E-state index is -0.497. The molecule has 2 aromatic carbocycles. The van der Waals surface area contributed by atoms with Gasteiger partial charge in [-0.3, -0.25) is 4.79 Å². The molecular weight excluding hydrogens is 455 g/mol. The zero-order valence-electron chi connectivity index (χ0n) is 16.9. The molecule has 1 aliphatic heterocycles. The van der Waals surface area contributed by atoms with E-state index < -0.39 is 6.04 Å². The van der Waals surface area contributed by atoms with E-state index in [2.05, 4.69) is 19.2 Å². The van der Waals surface area contributed by atoms with Crippen LogP contribution in [0.2, 0.25) is 15.1 Å². The predicted molar refractivity (Wildman–Crippen MR) is 124 cm³/mol. The van der Waals surface area contributed by atoms with E-state index >= 15 is 0 Å². The zero-order chi connectivity index (χ0) is 21.9. The number of nitrogens with zero attached hydrogens (tertiary/aromatic N) is 3. The first kappa shape index (κ1) is 20.6. The van der Waals surface area contributed by atoms with Gasteiger partial charge in [0.15, 0.2) is 11.6 Å². The summed E-state index contributed by atoms with van der Waals surface area (Å²) < 4.78 is 1.73. The van der Waals surface area contributed by atoms with Crippen LogP contribution in [0.3, 0.4) is 0 Å². The number of carbonyl (C=O) groups is 1. The van der Waals surface area contributed by atoms with Gasteiger partial charge in [0.1, 0.15) is 6.04 Å². The molecule has 0 radical (unpaired) electrons. The highest BCUT2D eigenvalue weighted by molar-refractivity contribution is 6.35. The summed E-state index contributed by atoms with van der Waals surface area (Å²) in [6, 6.07) is 12.2. The summed E-state index contributed by atoms with van der Waals surface area (Å²) >= 11 is 19.1. The van der Waals surface area contributed by atoms with Gasteiger partial charge in [0.05, 0.1) is 5.02 Å². The highest BCUT2D eigenvalue weighted by Crippen LogP contribution is 2.47. The number of allylic oxidation sites excluding steroid dienone is 2. The van der Waals surface area contributed by atoms with Crippen LogP contribution in [0.15, 0.2) is 53.7 Å². The van der Waals surface area contributed by atoms with Crippen LogP contribution < -0.4 is 5.32 Å². The number of rotatable bonds is 2. The maximum absolute atomic E-state index is 13.3. The Balaban J connectivity index is 1.72. The lowest BCUT2D eigenvalue weighted by Gasteiger charge is -2.38. The number of benzene rings is 2. The van der Waals surface area contributed by atoms with Gasteiger partial charge < -0.3 is 5.32 Å². The normalized spacial score (nSPS) is 19.6. The van der Waals surface area contributed by atoms with Gasteiger partial charge in [0.2, 0.25) is 5.95 Å². The molecular formula is C23H19Cl3N4O. The number of carbonyl (C=O) groups excluding carboxylic acids is 1. The molecule has 1 aromatic heterocycles. The van der Waals surface area contributed by atoms with Gasteiger partial charge in [-0.25, -0.2) is 4.68 Å². The summed E-state index contributed by atoms with van der Waals surface area (Å²) in [6.45, 7) is 4.18. The van der Waals surface area contributed by atoms with Crippen LogP contribution in [-0.4, -0.2) is 20.5 Å². The van der Waals surface area contributed by atoms with Crippen molar-refractivity contribution < 1.29 is 4.79 Å². The Kier molecular flexibility index (Phi) is 4.88. The van der Waals surface area contributed by atoms with E-state index in [1.165, 1.54) is 0 Å². The van der Waals surface area contributed by atoms with E-state index in [0.717, 1.165) is 23.2 Å². The number of aromatic nitrogens is 3. The molecule has 8 heteroatoms. The fourth-order valence-corrected chi connectivity index (χ4v) is 5.11. The van der Waals surface area contributed by atoms with Crippen molar-refractivity contribution in [1.29, 1.82) is 0 Å². The minimum absolute atomic E-state index is 0.0789. The summed E-state index contributed by atoms with van der Waals surface area (Å²) in [7, 11) is 0. The Morgan fingerprint density at radius 2 is 1.84 bits per heavy atom. The Bertz CT molecular complexity index is 1260. The number of anilines is 1. The van der Waals surface area contributed by atoms with Crippen LogP contribution in [0.25, 0.3) is 11.4 Å². The van der Waals surface area contributed by atoms with Gasteiger partial charge >= 0.3 is 0 Å². The maximum atomic E-state index is 13.3. The number of fused-ring (bicyclic) bond motifs is 1. The van der Waals surface area contributed by atoms with Crippen LogP contribution in [0.5, 0.6) is 0 Å². The Morgan fingerprint density at radius 1 is 1.06 bits per heavy atom. The number of Topliss-reactive ketones (excluding diaryl/α,β-unsaturated/α-hetero) is 1. The minimum Gasteiger partial charge on any atom is -0.328 e. The fraction of sp³-hybridized carbons (Fsp3) is 0.261. The zero-order valence-corrected chi connectivity index (χ0v) is 19.2. The lowest BCUT2D eigenvalue weighted by atomic mass is 9.73. The van der Waals surface area contributed by atoms with Gasteiger partial charge in [0, 0.05) is 38.9 Å². The number of ketones is 1. The second kappa shape index (κ2) is 7.37. The van der Waals surface area contributed by atoms with Crippen LogP contribution in [-0.2, 0) is 4.79 Å². The lowest BCUT2D eigenvalue weighted by molar-refractivity contribution is -0.118. The Labute approximate surface area is 195 Å². The van der Waals surface area contributed by atoms with E-state index in [0.29, 0.717) is 38.8 Å². The molecule has 5 rings (SSSR count). The van der Waals surface area contributed by atoms with Crippen molar-refractivity contribution in [2.45, 2.75) is 32.7 Å². The molecule has 5 nitrogen and oxygen atoms in total. The van der Waals surface area contributed by atoms with E-state index in [1.54, 1.807) is 22.9 Å². The molecule has 0 bridgehead atoms. The monoisotopic (exact) mass is 472 g/mol. The molecule has 2 heterocycles. The molecule has 0 saturated carbocycles. The van der Waals surface area contributed by atoms with Crippen molar-refractivity contribution in [3.05, 3.63) is 74.4 Å². The number of halogens is 3. The molecule has 0 amide bonds. The number of hydrogen-bond acceptors (Lipinski definition) is 4. The highest BCUT2D eigenvalue weighted by Gasteiger charge is 2.42. The predicted octanol–water partition coefficient (Wildman–Crippen LogP) is 6.56. The van der Waals surface area contributed by atoms with Crippen molar-refractivity contribution in [1.82, 2.24) is 14.8 Å². The number of nitrogens with one attached hydrogen (secondary N) is 1. The standard InChI is InChI=1S/C23H19Cl3N4O/c1-23(2)10-17-19(18(31)11-23)20(13-8-7-12(24)9-16(13)26)30-22(27-17)28-21(29-30)14-5-3-4-6-15(14)25/h3-9,20H,10-11H2,1-2H3,(H,27,28,29). The Morgan fingerprint density at radius 3 is 2.58 bits per heavy atom. The third-order valence-corrected chi connectivity index (χ3v) is 6.60. The molecule has 1 atom stereocenters. The smallest absolute Gasteiger partial charge is 0.226 e. The van der Waals surface area contributed by atoms with Crippen molar-refractivity contribution in [3.63, 3.8) is 0 Å². The van der Waals surface area contributed by atoms with E-state index in [9.17, 15) is 4.79 Å². The first-order valence-corrected chi connectivity index (χ1v) is 11.1. The molecule has 0 fully saturated rings. The molecule has 31 heavy (non-hydrogen) atoms. The summed E-state index contributed by atoms with van der Waals surface area (Å²) in [5, 5.41) is 9.67. The van der Waals surface area contributed by atoms with Gasteiger partial charge in [-0.1, -0.05) is 66.8 Å². The molecule has 3 aromatic rings. The fourth-order valence-electron chi connectivity index (χ4n) is 4.38. The van der Waals surface area contributed by atoms with Gasteiger partial charge in [-0.2, -0.15) is 4.98 Å². The average Bonchev–Trinajstić information content (AvgIpc) is 3.09. The third kappa shape index (κ3) is 3.55. The quantitative estimate of drug-likeness (QED) is 0.457. The van der Waals surface area contributed by atoms with Crippen molar-refractivity contribution in [2.24, 2.45) is 5.41 Å². The molecule has 0 spiro atoms. The summed E-state index contributed by atoms with van der Waals surface area (Å²) in [5.41, 5.74) is 2.86. The van der Waals surface area contributed by atoms with Gasteiger partial charge in [0.25, 0.3) is 0 Å². The van der Waals surface area contributed by atoms with Crippen LogP contribution >= 0.6 is 34.8 Å². The van der Waals surface area contributed by atoms with Crippen LogP contribution in [0.4, 0.5) is 5.95 Å². The molecule has 1 aliphatic carbocycles. The van der Waals surface area contributed by atoms with Crippen molar-refractivity contribution in [2.75, 3.05) is 5.32 Å². The molecule has 1 N–H and O–H groups in total. The first-order valence-electron chi connectivity index (χ1n) is 9.93. The van der Waals surface area contributed by atoms with E-state index in [1.807, 2.05) is 24.3 Å². The molecule has 158 valence electrons. The van der Waals surface area contributed by atoms with Crippen LogP contribution in [0.1, 0.15) is 38.3 Å². The van der Waals surface area contributed by atoms with E-state index in [4.69, 9.17) is 44.9 Å². The van der Waals surface area contributed by atoms with Gasteiger partial charge in [-0.15, -0.1) is 5.10 Å². The summed E-state index contributed by atoms with van der Waals surface area (Å²) in [5.74, 6) is 1.11. The summed E-state index contributed by atoms with van der Waals surface area (Å²) in [6.07, 6.45) is 1.18. The maximum Gasteiger partial charge on any atom is 0.226 e. The van der Waals surface area contributed by atoms with Crippen molar-refractivity contribution >= 4 is 46.5 Å². The SMILES string of the molecule is CC1(C)CC(=O)C2=C(C1)Nc1nc(-c3ccccc3Cl)nn1C2c1ccc(Cl)cc1Cl. The molecule has 0 saturated heterocycles. The molecule has 2 aliphatic rings. The Hall–Kier alpha value is -2.34. The lowest BCUT2D eigenvalue weighted by Crippen LogP contribution is -2.36. The number of hydrogen-bond donors (Lipinski definition) is 1. The van der Waals surface area contributed by atoms with E-state index in [-0.39, 0.29) is 11.2 Å². The third-order valence-electron chi connectivity index (χ3n) is 5.70. The summed E-state index contributed by atoms with van der Waals surface area (Å²) in [4.78, 5) is 18.0. The van der Waals surface area contributed by atoms with Crippen molar-refractivity contribution in [3.8, 4) is 11.4 Å². The highest BCUT2D eigenvalue weighted by atomic mass is 35.5. The average molecular weight is 474 g/mol. The second-order valence-electron chi connectivity index (χ2n) is 8.71. The second-order valence-corrected chi connectivity index (χ2v) is 9.96. The van der Waals surface area contributed by atoms with Crippen LogP contribution in [0, 0.1) is 5.41 Å². The topological polar surface area (TPSA) is 59.8 Å². The van der Waals surface area contributed by atoms with Gasteiger partial charge in [-0.05, 0) is 36.1 Å².